The molecule has 0 radical (unpaired) electrons. The van der Waals surface area contributed by atoms with E-state index in [4.69, 9.17) is 9.84 Å². The number of amides is 1. The van der Waals surface area contributed by atoms with E-state index < -0.39 is 6.09 Å². The number of ether oxygens (including phenoxy) is 1. The number of aliphatic hydroxyl groups is 1. The molecule has 2 aliphatic rings. The van der Waals surface area contributed by atoms with Crippen molar-refractivity contribution >= 4 is 6.09 Å². The molecule has 2 rings (SSSR count). The first-order valence-electron chi connectivity index (χ1n) is 8.26. The monoisotopic (exact) mass is 317 g/mol. The molecule has 1 amide bonds. The van der Waals surface area contributed by atoms with E-state index in [2.05, 4.69) is 38.7 Å². The van der Waals surface area contributed by atoms with E-state index in [9.17, 15) is 4.79 Å². The van der Waals surface area contributed by atoms with Crippen LogP contribution < -0.4 is 5.32 Å². The Morgan fingerprint density at radius 1 is 1.48 bits per heavy atom. The summed E-state index contributed by atoms with van der Waals surface area (Å²) in [6.07, 6.45) is 6.46. The third kappa shape index (κ3) is 4.14. The Morgan fingerprint density at radius 2 is 2.22 bits per heavy atom. The molecule has 0 bridgehead atoms. The van der Waals surface area contributed by atoms with Gasteiger partial charge >= 0.3 is 6.09 Å². The van der Waals surface area contributed by atoms with Crippen molar-refractivity contribution in [1.82, 2.24) is 5.32 Å². The van der Waals surface area contributed by atoms with Gasteiger partial charge in [0.05, 0.1) is 0 Å². The minimum absolute atomic E-state index is 0.0552. The first kappa shape index (κ1) is 17.5. The van der Waals surface area contributed by atoms with Gasteiger partial charge < -0.3 is 15.2 Å². The van der Waals surface area contributed by atoms with Crippen molar-refractivity contribution in [3.8, 4) is 0 Å². The van der Waals surface area contributed by atoms with Crippen molar-refractivity contribution in [3.05, 3.63) is 46.8 Å². The van der Waals surface area contributed by atoms with E-state index in [-0.39, 0.29) is 12.5 Å². The van der Waals surface area contributed by atoms with Gasteiger partial charge in [-0.1, -0.05) is 23.8 Å². The lowest BCUT2D eigenvalue weighted by Crippen LogP contribution is -2.29. The molecule has 2 N–H and O–H groups in total. The average molecular weight is 317 g/mol. The lowest BCUT2D eigenvalue weighted by molar-refractivity contribution is 0.174. The smallest absolute Gasteiger partial charge is 0.410 e. The van der Waals surface area contributed by atoms with Crippen LogP contribution in [0.3, 0.4) is 0 Å². The molecule has 0 aromatic carbocycles. The van der Waals surface area contributed by atoms with Crippen LogP contribution in [0.25, 0.3) is 0 Å². The Kier molecular flexibility index (Phi) is 5.83. The summed E-state index contributed by atoms with van der Waals surface area (Å²) in [5, 5.41) is 11.4. The molecular formula is C19H27NO3. The van der Waals surface area contributed by atoms with Crippen LogP contribution in [0.15, 0.2) is 46.8 Å². The molecule has 0 heterocycles. The van der Waals surface area contributed by atoms with Crippen molar-refractivity contribution in [2.45, 2.75) is 40.0 Å². The van der Waals surface area contributed by atoms with Crippen LogP contribution in [0.2, 0.25) is 0 Å². The van der Waals surface area contributed by atoms with Gasteiger partial charge in [-0.05, 0) is 57.6 Å². The summed E-state index contributed by atoms with van der Waals surface area (Å²) in [5.41, 5.74) is 4.85. The molecule has 2 aliphatic carbocycles. The van der Waals surface area contributed by atoms with Crippen molar-refractivity contribution in [1.29, 1.82) is 0 Å². The van der Waals surface area contributed by atoms with E-state index in [1.165, 1.54) is 16.7 Å². The van der Waals surface area contributed by atoms with Crippen LogP contribution in [0.5, 0.6) is 0 Å². The highest BCUT2D eigenvalue weighted by Crippen LogP contribution is 2.44. The van der Waals surface area contributed by atoms with Crippen LogP contribution in [0.1, 0.15) is 40.0 Å². The summed E-state index contributed by atoms with van der Waals surface area (Å²) in [6, 6.07) is 0. The highest BCUT2D eigenvalue weighted by molar-refractivity contribution is 5.70. The molecule has 0 saturated heterocycles. The van der Waals surface area contributed by atoms with Crippen molar-refractivity contribution in [3.63, 3.8) is 0 Å². The topological polar surface area (TPSA) is 58.6 Å². The summed E-state index contributed by atoms with van der Waals surface area (Å²) in [6.45, 7) is 10.9. The van der Waals surface area contributed by atoms with Gasteiger partial charge in [0, 0.05) is 24.6 Å². The fourth-order valence-electron chi connectivity index (χ4n) is 3.29. The molecule has 0 aromatic rings. The van der Waals surface area contributed by atoms with Gasteiger partial charge in [-0.3, -0.25) is 0 Å². The summed E-state index contributed by atoms with van der Waals surface area (Å²) in [5.74, 6) is 1.30. The third-order valence-corrected chi connectivity index (χ3v) is 4.56. The van der Waals surface area contributed by atoms with Crippen molar-refractivity contribution in [2.24, 2.45) is 11.8 Å². The molecule has 0 saturated carbocycles. The van der Waals surface area contributed by atoms with Crippen molar-refractivity contribution in [2.75, 3.05) is 13.2 Å². The number of hydrogen-bond acceptors (Lipinski definition) is 3. The second-order valence-corrected chi connectivity index (χ2v) is 6.53. The summed E-state index contributed by atoms with van der Waals surface area (Å²) in [4.78, 5) is 11.8. The molecule has 2 atom stereocenters. The maximum Gasteiger partial charge on any atom is 0.412 e. The Bertz CT molecular complexity index is 583. The molecule has 0 fully saturated rings. The zero-order chi connectivity index (χ0) is 17.0. The van der Waals surface area contributed by atoms with Crippen LogP contribution in [0.4, 0.5) is 4.79 Å². The lowest BCUT2D eigenvalue weighted by Gasteiger charge is -2.36. The van der Waals surface area contributed by atoms with E-state index in [0.717, 1.165) is 18.4 Å². The number of alkyl carbamates (subject to hydrolysis) is 1. The Balaban J connectivity index is 2.12. The zero-order valence-corrected chi connectivity index (χ0v) is 14.3. The zero-order valence-electron chi connectivity index (χ0n) is 14.3. The minimum atomic E-state index is -0.460. The van der Waals surface area contributed by atoms with Gasteiger partial charge in [0.1, 0.15) is 5.76 Å². The number of rotatable bonds is 6. The maximum absolute atomic E-state index is 11.8. The molecule has 126 valence electrons. The number of hydrogen-bond donors (Lipinski definition) is 2. The summed E-state index contributed by atoms with van der Waals surface area (Å²) in [7, 11) is 0. The molecule has 4 heteroatoms. The number of carbonyl (C=O) groups is 1. The molecule has 23 heavy (non-hydrogen) atoms. The van der Waals surface area contributed by atoms with Gasteiger partial charge in [0.25, 0.3) is 0 Å². The molecule has 0 aliphatic heterocycles. The van der Waals surface area contributed by atoms with Crippen LogP contribution in [-0.4, -0.2) is 24.4 Å². The molecule has 0 spiro atoms. The predicted octanol–water partition coefficient (Wildman–Crippen LogP) is 3.86. The molecular weight excluding hydrogens is 290 g/mol. The fourth-order valence-corrected chi connectivity index (χ4v) is 3.29. The number of carbonyl (C=O) groups excluding carboxylic acids is 1. The second-order valence-electron chi connectivity index (χ2n) is 6.53. The Morgan fingerprint density at radius 3 is 2.83 bits per heavy atom. The number of nitrogens with one attached hydrogen (secondary N) is 1. The third-order valence-electron chi connectivity index (χ3n) is 4.56. The van der Waals surface area contributed by atoms with Gasteiger partial charge in [-0.25, -0.2) is 4.79 Å². The van der Waals surface area contributed by atoms with Gasteiger partial charge in [0.2, 0.25) is 0 Å². The quantitative estimate of drug-likeness (QED) is 0.578. The fraction of sp³-hybridized carbons (Fsp3) is 0.526. The molecule has 4 nitrogen and oxygen atoms in total. The first-order chi connectivity index (χ1) is 10.9. The predicted molar refractivity (Wildman–Crippen MR) is 91.8 cm³/mol. The SMILES string of the molecule is C=C(C)[C@@H]1CCC(C)=C[C@H]1C1=C(OC(=O)NCCCO)C=C1C. The van der Waals surface area contributed by atoms with E-state index >= 15 is 0 Å². The largest absolute Gasteiger partial charge is 0.412 e. The number of allylic oxidation sites excluding steroid dienone is 6. The van der Waals surface area contributed by atoms with E-state index in [0.29, 0.717) is 24.6 Å². The summed E-state index contributed by atoms with van der Waals surface area (Å²) < 4.78 is 5.45. The first-order valence-corrected chi connectivity index (χ1v) is 8.26. The van der Waals surface area contributed by atoms with E-state index in [1.807, 2.05) is 6.08 Å². The normalized spacial score (nSPS) is 23.7. The van der Waals surface area contributed by atoms with Crippen LogP contribution in [-0.2, 0) is 4.74 Å². The Hall–Kier alpha value is -1.81. The maximum atomic E-state index is 11.8. The summed E-state index contributed by atoms with van der Waals surface area (Å²) >= 11 is 0. The average Bonchev–Trinajstić information content (AvgIpc) is 2.46. The highest BCUT2D eigenvalue weighted by atomic mass is 16.6. The molecule has 0 unspecified atom stereocenters. The second kappa shape index (κ2) is 7.64. The van der Waals surface area contributed by atoms with Gasteiger partial charge in [0.15, 0.2) is 0 Å². The highest BCUT2D eigenvalue weighted by Gasteiger charge is 2.34. The molecule has 0 aromatic heterocycles. The van der Waals surface area contributed by atoms with E-state index in [1.54, 1.807) is 0 Å². The van der Waals surface area contributed by atoms with Crippen molar-refractivity contribution < 1.29 is 14.6 Å². The minimum Gasteiger partial charge on any atom is -0.410 e. The number of aliphatic hydroxyl groups excluding tert-OH is 1. The lowest BCUT2D eigenvalue weighted by atomic mass is 9.70. The van der Waals surface area contributed by atoms with Gasteiger partial charge in [-0.2, -0.15) is 0 Å². The van der Waals surface area contributed by atoms with Gasteiger partial charge in [-0.15, -0.1) is 0 Å². The van der Waals surface area contributed by atoms with Crippen LogP contribution >= 0.6 is 0 Å². The Labute approximate surface area is 138 Å². The standard InChI is InChI=1S/C19H27NO3/c1-12(2)15-7-6-13(3)10-16(15)18-14(4)11-17(18)23-19(22)20-8-5-9-21/h10-11,15-16,21H,1,5-9H2,2-4H3,(H,20,22)/t15-,16+/m0/s1. The van der Waals surface area contributed by atoms with Crippen LogP contribution in [0, 0.1) is 11.8 Å².